The van der Waals surface area contributed by atoms with Gasteiger partial charge in [-0.25, -0.2) is 13.6 Å². The van der Waals surface area contributed by atoms with Crippen LogP contribution in [0.2, 0.25) is 0 Å². The molecule has 0 aliphatic rings. The minimum absolute atomic E-state index is 0.0446. The molecule has 0 atom stereocenters. The highest BCUT2D eigenvalue weighted by molar-refractivity contribution is 5.88. The zero-order valence-electron chi connectivity index (χ0n) is 10.3. The van der Waals surface area contributed by atoms with Crippen LogP contribution in [0.3, 0.4) is 0 Å². The standard InChI is InChI=1S/C13H12F2N2O2/c1-2-19-13(18)10-6-16-17(8-10)7-9-5-11(14)3-4-12(9)15/h3-6,8H,2,7H2,1H3. The summed E-state index contributed by atoms with van der Waals surface area (Å²) in [5, 5.41) is 3.91. The Morgan fingerprint density at radius 2 is 2.21 bits per heavy atom. The SMILES string of the molecule is CCOC(=O)c1cnn(Cc2cc(F)ccc2F)c1. The minimum Gasteiger partial charge on any atom is -0.462 e. The second-order valence-corrected chi connectivity index (χ2v) is 3.88. The van der Waals surface area contributed by atoms with Gasteiger partial charge in [0.1, 0.15) is 11.6 Å². The Bertz CT molecular complexity index is 596. The van der Waals surface area contributed by atoms with Crippen LogP contribution in [0.5, 0.6) is 0 Å². The molecule has 6 heteroatoms. The monoisotopic (exact) mass is 266 g/mol. The van der Waals surface area contributed by atoms with E-state index in [1.807, 2.05) is 0 Å². The molecule has 2 aromatic rings. The van der Waals surface area contributed by atoms with E-state index < -0.39 is 17.6 Å². The molecule has 0 unspecified atom stereocenters. The van der Waals surface area contributed by atoms with Crippen molar-refractivity contribution in [2.75, 3.05) is 6.61 Å². The van der Waals surface area contributed by atoms with Crippen molar-refractivity contribution in [1.29, 1.82) is 0 Å². The van der Waals surface area contributed by atoms with Crippen LogP contribution in [-0.4, -0.2) is 22.4 Å². The van der Waals surface area contributed by atoms with Crippen molar-refractivity contribution in [3.05, 3.63) is 53.4 Å². The van der Waals surface area contributed by atoms with Gasteiger partial charge in [-0.2, -0.15) is 5.10 Å². The van der Waals surface area contributed by atoms with Gasteiger partial charge in [-0.05, 0) is 25.1 Å². The molecule has 0 N–H and O–H groups in total. The fourth-order valence-corrected chi connectivity index (χ4v) is 1.61. The first-order chi connectivity index (χ1) is 9.10. The molecule has 1 aromatic carbocycles. The molecule has 0 amide bonds. The smallest absolute Gasteiger partial charge is 0.341 e. The molecule has 0 saturated carbocycles. The van der Waals surface area contributed by atoms with Gasteiger partial charge in [-0.15, -0.1) is 0 Å². The van der Waals surface area contributed by atoms with Crippen molar-refractivity contribution in [3.8, 4) is 0 Å². The van der Waals surface area contributed by atoms with Crippen LogP contribution in [0.25, 0.3) is 0 Å². The van der Waals surface area contributed by atoms with E-state index >= 15 is 0 Å². The van der Waals surface area contributed by atoms with E-state index in [-0.39, 0.29) is 24.3 Å². The summed E-state index contributed by atoms with van der Waals surface area (Å²) in [6.07, 6.45) is 2.76. The molecule has 1 aromatic heterocycles. The van der Waals surface area contributed by atoms with Crippen LogP contribution in [0.1, 0.15) is 22.8 Å². The zero-order valence-corrected chi connectivity index (χ0v) is 10.3. The predicted octanol–water partition coefficient (Wildman–Crippen LogP) is 2.39. The largest absolute Gasteiger partial charge is 0.462 e. The van der Waals surface area contributed by atoms with Gasteiger partial charge in [-0.3, -0.25) is 4.68 Å². The summed E-state index contributed by atoms with van der Waals surface area (Å²) in [5.41, 5.74) is 0.442. The van der Waals surface area contributed by atoms with Crippen molar-refractivity contribution >= 4 is 5.97 Å². The van der Waals surface area contributed by atoms with Crippen LogP contribution in [-0.2, 0) is 11.3 Å². The number of carbonyl (C=O) groups excluding carboxylic acids is 1. The number of esters is 1. The Labute approximate surface area is 108 Å². The van der Waals surface area contributed by atoms with Crippen LogP contribution < -0.4 is 0 Å². The Balaban J connectivity index is 2.15. The fraction of sp³-hybridized carbons (Fsp3) is 0.231. The van der Waals surface area contributed by atoms with Gasteiger partial charge in [0.15, 0.2) is 0 Å². The van der Waals surface area contributed by atoms with E-state index in [0.717, 1.165) is 18.2 Å². The number of ether oxygens (including phenoxy) is 1. The van der Waals surface area contributed by atoms with Crippen molar-refractivity contribution in [1.82, 2.24) is 9.78 Å². The van der Waals surface area contributed by atoms with Gasteiger partial charge < -0.3 is 4.74 Å². The maximum Gasteiger partial charge on any atom is 0.341 e. The third kappa shape index (κ3) is 3.15. The van der Waals surface area contributed by atoms with Gasteiger partial charge in [-0.1, -0.05) is 0 Å². The maximum atomic E-state index is 13.4. The van der Waals surface area contributed by atoms with E-state index in [0.29, 0.717) is 0 Å². The lowest BCUT2D eigenvalue weighted by Gasteiger charge is -2.03. The summed E-state index contributed by atoms with van der Waals surface area (Å²) >= 11 is 0. The average molecular weight is 266 g/mol. The molecular formula is C13H12F2N2O2. The molecule has 2 rings (SSSR count). The van der Waals surface area contributed by atoms with Crippen molar-refractivity contribution in [2.45, 2.75) is 13.5 Å². The topological polar surface area (TPSA) is 44.1 Å². The zero-order chi connectivity index (χ0) is 13.8. The second kappa shape index (κ2) is 5.60. The van der Waals surface area contributed by atoms with Crippen LogP contribution in [0.15, 0.2) is 30.6 Å². The van der Waals surface area contributed by atoms with Crippen LogP contribution in [0.4, 0.5) is 8.78 Å². The Kier molecular flexibility index (Phi) is 3.89. The van der Waals surface area contributed by atoms with Gasteiger partial charge in [0.25, 0.3) is 0 Å². The highest BCUT2D eigenvalue weighted by atomic mass is 19.1. The summed E-state index contributed by atoms with van der Waals surface area (Å²) in [6.45, 7) is 2.01. The second-order valence-electron chi connectivity index (χ2n) is 3.88. The highest BCUT2D eigenvalue weighted by Crippen LogP contribution is 2.11. The summed E-state index contributed by atoms with van der Waals surface area (Å²) < 4.78 is 32.6. The van der Waals surface area contributed by atoms with Gasteiger partial charge in [0.05, 0.1) is 24.9 Å². The summed E-state index contributed by atoms with van der Waals surface area (Å²) in [6, 6.07) is 3.20. The molecule has 1 heterocycles. The molecule has 100 valence electrons. The van der Waals surface area contributed by atoms with E-state index in [2.05, 4.69) is 5.10 Å². The molecule has 0 spiro atoms. The molecule has 0 saturated heterocycles. The van der Waals surface area contributed by atoms with E-state index in [9.17, 15) is 13.6 Å². The Hall–Kier alpha value is -2.24. The van der Waals surface area contributed by atoms with Gasteiger partial charge >= 0.3 is 5.97 Å². The molecule has 4 nitrogen and oxygen atoms in total. The van der Waals surface area contributed by atoms with Crippen molar-refractivity contribution in [2.24, 2.45) is 0 Å². The Morgan fingerprint density at radius 1 is 1.42 bits per heavy atom. The number of halogens is 2. The summed E-state index contributed by atoms with van der Waals surface area (Å²) in [5.74, 6) is -1.53. The number of rotatable bonds is 4. The Morgan fingerprint density at radius 3 is 2.95 bits per heavy atom. The lowest BCUT2D eigenvalue weighted by atomic mass is 10.2. The minimum atomic E-state index is -0.519. The fourth-order valence-electron chi connectivity index (χ4n) is 1.61. The van der Waals surface area contributed by atoms with E-state index in [1.54, 1.807) is 6.92 Å². The van der Waals surface area contributed by atoms with Crippen LogP contribution >= 0.6 is 0 Å². The first-order valence-corrected chi connectivity index (χ1v) is 5.73. The summed E-state index contributed by atoms with van der Waals surface area (Å²) in [7, 11) is 0. The highest BCUT2D eigenvalue weighted by Gasteiger charge is 2.11. The molecule has 0 fully saturated rings. The first kappa shape index (κ1) is 13.2. The maximum absolute atomic E-state index is 13.4. The average Bonchev–Trinajstić information content (AvgIpc) is 2.83. The molecule has 0 aliphatic heterocycles. The van der Waals surface area contributed by atoms with E-state index in [1.165, 1.54) is 17.1 Å². The first-order valence-electron chi connectivity index (χ1n) is 5.73. The van der Waals surface area contributed by atoms with E-state index in [4.69, 9.17) is 4.74 Å². The molecule has 0 bridgehead atoms. The van der Waals surface area contributed by atoms with Crippen molar-refractivity contribution in [3.63, 3.8) is 0 Å². The number of benzene rings is 1. The van der Waals surface area contributed by atoms with Gasteiger partial charge in [0.2, 0.25) is 0 Å². The number of hydrogen-bond acceptors (Lipinski definition) is 3. The lowest BCUT2D eigenvalue weighted by Crippen LogP contribution is -2.05. The lowest BCUT2D eigenvalue weighted by molar-refractivity contribution is 0.0526. The van der Waals surface area contributed by atoms with Gasteiger partial charge in [0, 0.05) is 11.8 Å². The third-order valence-electron chi connectivity index (χ3n) is 2.48. The quantitative estimate of drug-likeness (QED) is 0.798. The number of aromatic nitrogens is 2. The number of nitrogens with zero attached hydrogens (tertiary/aromatic N) is 2. The van der Waals surface area contributed by atoms with Crippen LogP contribution in [0, 0.1) is 11.6 Å². The molecule has 19 heavy (non-hydrogen) atoms. The number of carbonyl (C=O) groups is 1. The normalized spacial score (nSPS) is 10.5. The third-order valence-corrected chi connectivity index (χ3v) is 2.48. The summed E-state index contributed by atoms with van der Waals surface area (Å²) in [4.78, 5) is 11.4. The molecule has 0 aliphatic carbocycles. The molecule has 0 radical (unpaired) electrons. The molecular weight excluding hydrogens is 254 g/mol. The van der Waals surface area contributed by atoms with Crippen molar-refractivity contribution < 1.29 is 18.3 Å². The number of hydrogen-bond donors (Lipinski definition) is 0. The predicted molar refractivity (Wildman–Crippen MR) is 63.6 cm³/mol.